The lowest BCUT2D eigenvalue weighted by molar-refractivity contribution is -0.196. The summed E-state index contributed by atoms with van der Waals surface area (Å²) in [7, 11) is 2.98. The fourth-order valence-electron chi connectivity index (χ4n) is 5.57. The SMILES string of the molecule is C=C1c2cccc(O)c2C(O)=C2C(=O)C3(O)C(=O)C(C(N)=O)C(O)C(N(C)C)C3C(O)C12. The van der Waals surface area contributed by atoms with Gasteiger partial charge in [-0.05, 0) is 31.3 Å². The second kappa shape index (κ2) is 6.97. The Morgan fingerprint density at radius 3 is 2.34 bits per heavy atom. The topological polar surface area (TPSA) is 182 Å². The molecule has 7 unspecified atom stereocenters. The Bertz CT molecular complexity index is 1110. The van der Waals surface area contributed by atoms with Gasteiger partial charge in [0, 0.05) is 17.9 Å². The molecule has 1 aromatic rings. The summed E-state index contributed by atoms with van der Waals surface area (Å²) in [5.41, 5.74) is 2.20. The van der Waals surface area contributed by atoms with Crippen LogP contribution in [0.25, 0.3) is 11.3 Å². The van der Waals surface area contributed by atoms with Gasteiger partial charge in [-0.3, -0.25) is 14.4 Å². The third-order valence-corrected chi connectivity index (χ3v) is 6.97. The number of rotatable bonds is 2. The number of benzene rings is 1. The van der Waals surface area contributed by atoms with Crippen LogP contribution >= 0.6 is 0 Å². The standard InChI is InChI=1S/C22H24N2O8/c1-7-8-5-4-6-9(25)11(8)16(26)12-10(7)17(27)14-15(24(2)3)18(28)13(21(23)31)20(30)22(14,32)19(12)29/h4-6,10,13-15,17-18,25-28,32H,1H2,2-3H3,(H2,23,31). The molecule has 7 atom stereocenters. The number of amides is 1. The van der Waals surface area contributed by atoms with Crippen molar-refractivity contribution in [3.8, 4) is 5.75 Å². The second-order valence-corrected chi connectivity index (χ2v) is 8.77. The predicted octanol–water partition coefficient (Wildman–Crippen LogP) is -1.43. The Labute approximate surface area is 182 Å². The first kappa shape index (κ1) is 22.2. The maximum atomic E-state index is 13.6. The third-order valence-electron chi connectivity index (χ3n) is 6.97. The number of aliphatic hydroxyl groups is 4. The average molecular weight is 444 g/mol. The van der Waals surface area contributed by atoms with Gasteiger partial charge in [-0.2, -0.15) is 0 Å². The van der Waals surface area contributed by atoms with Crippen LogP contribution in [0.5, 0.6) is 5.75 Å². The number of fused-ring (bicyclic) bond motifs is 3. The number of likely N-dealkylation sites (N-methyl/N-ethyl adjacent to an activating group) is 1. The van der Waals surface area contributed by atoms with Gasteiger partial charge in [-0.15, -0.1) is 0 Å². The van der Waals surface area contributed by atoms with E-state index in [-0.39, 0.29) is 22.4 Å². The summed E-state index contributed by atoms with van der Waals surface area (Å²) in [6.45, 7) is 3.93. The van der Waals surface area contributed by atoms with Crippen molar-refractivity contribution >= 4 is 28.8 Å². The van der Waals surface area contributed by atoms with Crippen LogP contribution in [0.3, 0.4) is 0 Å². The number of aliphatic hydroxyl groups excluding tert-OH is 3. The van der Waals surface area contributed by atoms with E-state index in [4.69, 9.17) is 5.73 Å². The summed E-state index contributed by atoms with van der Waals surface area (Å²) in [4.78, 5) is 40.2. The minimum absolute atomic E-state index is 0.120. The Balaban J connectivity index is 2.02. The number of phenols is 1. The zero-order valence-electron chi connectivity index (χ0n) is 17.4. The van der Waals surface area contributed by atoms with E-state index in [0.717, 1.165) is 0 Å². The molecule has 3 aliphatic rings. The van der Waals surface area contributed by atoms with Crippen molar-refractivity contribution in [2.45, 2.75) is 23.9 Å². The number of Topliss-reactive ketones (excluding diaryl/α,β-unsaturated/α-hetero) is 2. The van der Waals surface area contributed by atoms with Crippen LogP contribution in [-0.4, -0.2) is 85.9 Å². The summed E-state index contributed by atoms with van der Waals surface area (Å²) >= 11 is 0. The van der Waals surface area contributed by atoms with Crippen LogP contribution in [0, 0.1) is 17.8 Å². The fourth-order valence-corrected chi connectivity index (χ4v) is 5.57. The number of carbonyl (C=O) groups is 3. The quantitative estimate of drug-likeness (QED) is 0.298. The van der Waals surface area contributed by atoms with Crippen molar-refractivity contribution in [2.75, 3.05) is 14.1 Å². The molecule has 0 aromatic heterocycles. The molecule has 170 valence electrons. The smallest absolute Gasteiger partial charge is 0.230 e. The van der Waals surface area contributed by atoms with Gasteiger partial charge < -0.3 is 36.2 Å². The van der Waals surface area contributed by atoms with Gasteiger partial charge in [0.25, 0.3) is 0 Å². The van der Waals surface area contributed by atoms with Crippen molar-refractivity contribution < 1.29 is 39.9 Å². The van der Waals surface area contributed by atoms with Gasteiger partial charge >= 0.3 is 0 Å². The number of hydrogen-bond acceptors (Lipinski definition) is 9. The number of aromatic hydroxyl groups is 1. The zero-order valence-corrected chi connectivity index (χ0v) is 17.4. The minimum atomic E-state index is -2.95. The molecule has 10 heteroatoms. The largest absolute Gasteiger partial charge is 0.507 e. The van der Waals surface area contributed by atoms with Gasteiger partial charge in [0.1, 0.15) is 17.4 Å². The molecule has 1 aromatic carbocycles. The normalized spacial score (nSPS) is 36.6. The number of phenolic OH excluding ortho intramolecular Hbond substituents is 1. The second-order valence-electron chi connectivity index (χ2n) is 8.77. The van der Waals surface area contributed by atoms with Gasteiger partial charge in [-0.25, -0.2) is 0 Å². The molecule has 10 nitrogen and oxygen atoms in total. The van der Waals surface area contributed by atoms with Crippen molar-refractivity contribution in [1.82, 2.24) is 4.90 Å². The number of carbonyl (C=O) groups excluding carboxylic acids is 3. The lowest BCUT2D eigenvalue weighted by Crippen LogP contribution is -2.76. The third kappa shape index (κ3) is 2.51. The first-order valence-corrected chi connectivity index (χ1v) is 9.95. The van der Waals surface area contributed by atoms with E-state index in [0.29, 0.717) is 0 Å². The maximum Gasteiger partial charge on any atom is 0.230 e. The molecule has 2 saturated carbocycles. The molecule has 1 amide bonds. The molecule has 32 heavy (non-hydrogen) atoms. The van der Waals surface area contributed by atoms with Crippen LogP contribution in [0.4, 0.5) is 0 Å². The van der Waals surface area contributed by atoms with Crippen molar-refractivity contribution in [3.63, 3.8) is 0 Å². The van der Waals surface area contributed by atoms with Crippen molar-refractivity contribution in [1.29, 1.82) is 0 Å². The summed E-state index contributed by atoms with van der Waals surface area (Å²) < 4.78 is 0. The van der Waals surface area contributed by atoms with E-state index in [9.17, 15) is 39.9 Å². The lowest BCUT2D eigenvalue weighted by Gasteiger charge is -2.55. The molecule has 0 bridgehead atoms. The number of primary amides is 1. The van der Waals surface area contributed by atoms with Crippen LogP contribution in [-0.2, 0) is 14.4 Å². The highest BCUT2D eigenvalue weighted by Gasteiger charge is 2.70. The number of nitrogens with two attached hydrogens (primary N) is 1. The monoisotopic (exact) mass is 444 g/mol. The summed E-state index contributed by atoms with van der Waals surface area (Å²) in [5, 5.41) is 54.8. The number of nitrogens with zero attached hydrogens (tertiary/aromatic N) is 1. The Morgan fingerprint density at radius 2 is 1.78 bits per heavy atom. The molecule has 7 N–H and O–H groups in total. The van der Waals surface area contributed by atoms with E-state index < -0.39 is 70.4 Å². The fraction of sp³-hybridized carbons (Fsp3) is 0.409. The van der Waals surface area contributed by atoms with Crippen LogP contribution in [0.1, 0.15) is 11.1 Å². The van der Waals surface area contributed by atoms with E-state index in [1.807, 2.05) is 0 Å². The zero-order chi connectivity index (χ0) is 23.9. The highest BCUT2D eigenvalue weighted by Crippen LogP contribution is 2.55. The van der Waals surface area contributed by atoms with Gasteiger partial charge in [0.15, 0.2) is 11.4 Å². The van der Waals surface area contributed by atoms with Gasteiger partial charge in [0.2, 0.25) is 11.7 Å². The minimum Gasteiger partial charge on any atom is -0.507 e. The van der Waals surface area contributed by atoms with E-state index in [1.54, 1.807) is 0 Å². The summed E-state index contributed by atoms with van der Waals surface area (Å²) in [6, 6.07) is 3.10. The van der Waals surface area contributed by atoms with E-state index in [2.05, 4.69) is 6.58 Å². The Hall–Kier alpha value is -3.05. The van der Waals surface area contributed by atoms with Crippen LogP contribution in [0.15, 0.2) is 30.4 Å². The first-order chi connectivity index (χ1) is 14.9. The van der Waals surface area contributed by atoms with Crippen molar-refractivity contribution in [3.05, 3.63) is 41.5 Å². The molecule has 0 aliphatic heterocycles. The van der Waals surface area contributed by atoms with Crippen LogP contribution in [0.2, 0.25) is 0 Å². The van der Waals surface area contributed by atoms with E-state index >= 15 is 0 Å². The Kier molecular flexibility index (Phi) is 4.83. The molecule has 2 fully saturated rings. The average Bonchev–Trinajstić information content (AvgIpc) is 2.70. The van der Waals surface area contributed by atoms with Crippen LogP contribution < -0.4 is 5.73 Å². The molecular weight excluding hydrogens is 420 g/mol. The van der Waals surface area contributed by atoms with Crippen molar-refractivity contribution in [2.24, 2.45) is 23.5 Å². The highest BCUT2D eigenvalue weighted by atomic mass is 16.3. The summed E-state index contributed by atoms with van der Waals surface area (Å²) in [6.07, 6.45) is -3.35. The molecule has 0 radical (unpaired) electrons. The van der Waals surface area contributed by atoms with Gasteiger partial charge in [-0.1, -0.05) is 18.7 Å². The lowest BCUT2D eigenvalue weighted by atomic mass is 9.52. The molecule has 0 heterocycles. The Morgan fingerprint density at radius 1 is 1.16 bits per heavy atom. The molecular formula is C22H24N2O8. The molecule has 0 spiro atoms. The molecule has 0 saturated heterocycles. The summed E-state index contributed by atoms with van der Waals surface area (Å²) in [5.74, 6) is -9.59. The first-order valence-electron chi connectivity index (χ1n) is 9.95. The number of ketones is 2. The number of hydrogen-bond donors (Lipinski definition) is 6. The predicted molar refractivity (Wildman–Crippen MR) is 111 cm³/mol. The molecule has 4 rings (SSSR count). The maximum absolute atomic E-state index is 13.6. The van der Waals surface area contributed by atoms with E-state index in [1.165, 1.54) is 37.2 Å². The van der Waals surface area contributed by atoms with Gasteiger partial charge in [0.05, 0.1) is 23.3 Å². The molecule has 3 aliphatic carbocycles. The highest BCUT2D eigenvalue weighted by molar-refractivity contribution is 6.26.